The number of carbonyl (C=O) groups excluding carboxylic acids is 1. The molecule has 1 aliphatic rings. The fourth-order valence-electron chi connectivity index (χ4n) is 2.99. The predicted molar refractivity (Wildman–Crippen MR) is 88.4 cm³/mol. The average molecular weight is 297 g/mol. The molecular weight excluding hydrogens is 274 g/mol. The van der Waals surface area contributed by atoms with E-state index in [0.29, 0.717) is 11.5 Å². The van der Waals surface area contributed by atoms with Gasteiger partial charge in [-0.3, -0.25) is 9.48 Å². The van der Waals surface area contributed by atoms with Gasteiger partial charge < -0.3 is 4.90 Å². The van der Waals surface area contributed by atoms with Gasteiger partial charge in [0.1, 0.15) is 0 Å². The van der Waals surface area contributed by atoms with Crippen LogP contribution in [0.3, 0.4) is 0 Å². The molecular formula is C18H23N3O. The Morgan fingerprint density at radius 1 is 1.36 bits per heavy atom. The number of hydrogen-bond donors (Lipinski definition) is 0. The summed E-state index contributed by atoms with van der Waals surface area (Å²) in [6.07, 6.45) is 5.57. The minimum atomic E-state index is 0.0537. The van der Waals surface area contributed by atoms with E-state index in [1.807, 2.05) is 18.0 Å². The van der Waals surface area contributed by atoms with Gasteiger partial charge in [-0.15, -0.1) is 0 Å². The third-order valence-corrected chi connectivity index (χ3v) is 4.34. The first-order chi connectivity index (χ1) is 10.6. The Hall–Kier alpha value is -2.10. The van der Waals surface area contributed by atoms with Gasteiger partial charge in [-0.1, -0.05) is 26.0 Å². The Kier molecular flexibility index (Phi) is 4.01. The maximum atomic E-state index is 12.8. The van der Waals surface area contributed by atoms with Crippen LogP contribution in [0.2, 0.25) is 0 Å². The summed E-state index contributed by atoms with van der Waals surface area (Å²) in [6, 6.07) is 6.51. The summed E-state index contributed by atoms with van der Waals surface area (Å²) in [6.45, 7) is 7.98. The zero-order valence-corrected chi connectivity index (χ0v) is 13.5. The molecule has 116 valence electrons. The molecule has 1 aromatic carbocycles. The number of rotatable bonds is 3. The summed E-state index contributed by atoms with van der Waals surface area (Å²) in [5, 5.41) is 4.21. The van der Waals surface area contributed by atoms with Crippen molar-refractivity contribution < 1.29 is 4.79 Å². The van der Waals surface area contributed by atoms with Gasteiger partial charge >= 0.3 is 0 Å². The van der Waals surface area contributed by atoms with E-state index in [4.69, 9.17) is 0 Å². The van der Waals surface area contributed by atoms with Crippen LogP contribution < -0.4 is 4.90 Å². The van der Waals surface area contributed by atoms with Gasteiger partial charge in [-0.2, -0.15) is 5.10 Å². The molecule has 0 bridgehead atoms. The van der Waals surface area contributed by atoms with Gasteiger partial charge in [0.25, 0.3) is 5.91 Å². The number of hydrogen-bond acceptors (Lipinski definition) is 2. The lowest BCUT2D eigenvalue weighted by Crippen LogP contribution is -2.35. The second kappa shape index (κ2) is 5.95. The molecule has 0 aliphatic carbocycles. The zero-order valence-electron chi connectivity index (χ0n) is 13.5. The van der Waals surface area contributed by atoms with Crippen molar-refractivity contribution in [1.29, 1.82) is 0 Å². The Balaban J connectivity index is 1.92. The van der Waals surface area contributed by atoms with Crippen LogP contribution in [-0.4, -0.2) is 22.2 Å². The SMILES string of the molecule is CCn1cc(C(=O)N2CCCc3cc(C(C)C)ccc32)cn1. The number of benzene rings is 1. The van der Waals surface area contributed by atoms with Crippen molar-refractivity contribution in [2.24, 2.45) is 0 Å². The van der Waals surface area contributed by atoms with Crippen molar-refractivity contribution in [2.75, 3.05) is 11.4 Å². The number of aryl methyl sites for hydroxylation is 2. The number of carbonyl (C=O) groups is 1. The molecule has 0 saturated carbocycles. The smallest absolute Gasteiger partial charge is 0.261 e. The highest BCUT2D eigenvalue weighted by molar-refractivity contribution is 6.06. The first-order valence-electron chi connectivity index (χ1n) is 8.07. The van der Waals surface area contributed by atoms with Crippen molar-refractivity contribution in [3.05, 3.63) is 47.3 Å². The molecule has 0 spiro atoms. The molecule has 1 aromatic heterocycles. The Labute approximate surface area is 131 Å². The van der Waals surface area contributed by atoms with Gasteiger partial charge in [0.2, 0.25) is 0 Å². The molecule has 0 fully saturated rings. The molecule has 2 aromatic rings. The van der Waals surface area contributed by atoms with Gasteiger partial charge in [-0.05, 0) is 42.9 Å². The average Bonchev–Trinajstić information content (AvgIpc) is 3.02. The molecule has 1 amide bonds. The molecule has 0 saturated heterocycles. The van der Waals surface area contributed by atoms with Crippen LogP contribution in [0, 0.1) is 0 Å². The molecule has 0 atom stereocenters. The fourth-order valence-corrected chi connectivity index (χ4v) is 2.99. The maximum Gasteiger partial charge on any atom is 0.261 e. The molecule has 4 heteroatoms. The Bertz CT molecular complexity index is 687. The zero-order chi connectivity index (χ0) is 15.7. The number of aromatic nitrogens is 2. The first kappa shape index (κ1) is 14.8. The third kappa shape index (κ3) is 2.65. The maximum absolute atomic E-state index is 12.8. The number of nitrogens with zero attached hydrogens (tertiary/aromatic N) is 3. The number of fused-ring (bicyclic) bond motifs is 1. The highest BCUT2D eigenvalue weighted by Gasteiger charge is 2.24. The van der Waals surface area contributed by atoms with Crippen LogP contribution in [0.15, 0.2) is 30.6 Å². The van der Waals surface area contributed by atoms with Crippen molar-refractivity contribution in [3.8, 4) is 0 Å². The van der Waals surface area contributed by atoms with Crippen LogP contribution in [0.4, 0.5) is 5.69 Å². The second-order valence-electron chi connectivity index (χ2n) is 6.19. The molecule has 1 aliphatic heterocycles. The summed E-state index contributed by atoms with van der Waals surface area (Å²) in [7, 11) is 0. The summed E-state index contributed by atoms with van der Waals surface area (Å²) in [4.78, 5) is 14.7. The third-order valence-electron chi connectivity index (χ3n) is 4.34. The Morgan fingerprint density at radius 2 is 2.18 bits per heavy atom. The van der Waals surface area contributed by atoms with E-state index in [-0.39, 0.29) is 5.91 Å². The van der Waals surface area contributed by atoms with E-state index in [0.717, 1.165) is 31.6 Å². The van der Waals surface area contributed by atoms with Crippen LogP contribution in [-0.2, 0) is 13.0 Å². The lowest BCUT2D eigenvalue weighted by atomic mass is 9.94. The van der Waals surface area contributed by atoms with E-state index in [9.17, 15) is 4.79 Å². The summed E-state index contributed by atoms with van der Waals surface area (Å²) >= 11 is 0. The quantitative estimate of drug-likeness (QED) is 0.868. The monoisotopic (exact) mass is 297 g/mol. The summed E-state index contributed by atoms with van der Waals surface area (Å²) in [5.41, 5.74) is 4.35. The van der Waals surface area contributed by atoms with Gasteiger partial charge in [0.15, 0.2) is 0 Å². The molecule has 4 nitrogen and oxygen atoms in total. The second-order valence-corrected chi connectivity index (χ2v) is 6.19. The van der Waals surface area contributed by atoms with Crippen LogP contribution in [0.1, 0.15) is 54.6 Å². The van der Waals surface area contributed by atoms with Crippen LogP contribution in [0.25, 0.3) is 0 Å². The van der Waals surface area contributed by atoms with E-state index in [1.54, 1.807) is 10.9 Å². The van der Waals surface area contributed by atoms with Crippen molar-refractivity contribution in [3.63, 3.8) is 0 Å². The van der Waals surface area contributed by atoms with Crippen molar-refractivity contribution >= 4 is 11.6 Å². The predicted octanol–water partition coefficient (Wildman–Crippen LogP) is 3.62. The van der Waals surface area contributed by atoms with E-state index in [2.05, 4.69) is 37.1 Å². The van der Waals surface area contributed by atoms with E-state index in [1.165, 1.54) is 11.1 Å². The van der Waals surface area contributed by atoms with E-state index >= 15 is 0 Å². The molecule has 0 unspecified atom stereocenters. The first-order valence-corrected chi connectivity index (χ1v) is 8.07. The van der Waals surface area contributed by atoms with Crippen molar-refractivity contribution in [2.45, 2.75) is 46.1 Å². The van der Waals surface area contributed by atoms with Crippen molar-refractivity contribution in [1.82, 2.24) is 9.78 Å². The lowest BCUT2D eigenvalue weighted by molar-refractivity contribution is 0.0985. The molecule has 0 radical (unpaired) electrons. The lowest BCUT2D eigenvalue weighted by Gasteiger charge is -2.30. The molecule has 2 heterocycles. The molecule has 3 rings (SSSR count). The standard InChI is InChI=1S/C18H23N3O/c1-4-20-12-16(11-19-20)18(22)21-9-5-6-15-10-14(13(2)3)7-8-17(15)21/h7-8,10-13H,4-6,9H2,1-3H3. The van der Waals surface area contributed by atoms with Gasteiger partial charge in [0.05, 0.1) is 11.8 Å². The largest absolute Gasteiger partial charge is 0.308 e. The molecule has 22 heavy (non-hydrogen) atoms. The fraction of sp³-hybridized carbons (Fsp3) is 0.444. The van der Waals surface area contributed by atoms with Crippen LogP contribution >= 0.6 is 0 Å². The minimum Gasteiger partial charge on any atom is -0.308 e. The Morgan fingerprint density at radius 3 is 2.86 bits per heavy atom. The highest BCUT2D eigenvalue weighted by Crippen LogP contribution is 2.31. The van der Waals surface area contributed by atoms with Gasteiger partial charge in [-0.25, -0.2) is 0 Å². The summed E-state index contributed by atoms with van der Waals surface area (Å²) < 4.78 is 1.79. The van der Waals surface area contributed by atoms with E-state index < -0.39 is 0 Å². The highest BCUT2D eigenvalue weighted by atomic mass is 16.2. The summed E-state index contributed by atoms with van der Waals surface area (Å²) in [5.74, 6) is 0.567. The number of anilines is 1. The topological polar surface area (TPSA) is 38.1 Å². The number of amides is 1. The van der Waals surface area contributed by atoms with Crippen LogP contribution in [0.5, 0.6) is 0 Å². The normalized spacial score (nSPS) is 14.3. The minimum absolute atomic E-state index is 0.0537. The van der Waals surface area contributed by atoms with Gasteiger partial charge in [0, 0.05) is 25.0 Å². The molecule has 0 N–H and O–H groups in total.